The third-order valence-electron chi connectivity index (χ3n) is 4.15. The fourth-order valence-electron chi connectivity index (χ4n) is 3.25. The number of hydrogen-bond acceptors (Lipinski definition) is 5. The Kier molecular flexibility index (Phi) is 3.89. The molecule has 0 amide bonds. The molecule has 1 aromatic heterocycles. The standard InChI is InChI=1S/C13H17BrN4O2/c14-10-7-9(18(19)20)8-16-13(10)17-6-2-4-12(17)11-3-1-5-15-11/h7-8,11-12,15H,1-6H2. The number of nitrogens with one attached hydrogen (secondary N) is 1. The highest BCUT2D eigenvalue weighted by molar-refractivity contribution is 9.10. The van der Waals surface area contributed by atoms with Crippen molar-refractivity contribution >= 4 is 27.4 Å². The lowest BCUT2D eigenvalue weighted by atomic mass is 10.0. The van der Waals surface area contributed by atoms with Crippen LogP contribution in [0.3, 0.4) is 0 Å². The van der Waals surface area contributed by atoms with Gasteiger partial charge < -0.3 is 10.2 Å². The summed E-state index contributed by atoms with van der Waals surface area (Å²) >= 11 is 3.43. The Bertz CT molecular complexity index is 519. The summed E-state index contributed by atoms with van der Waals surface area (Å²) in [7, 11) is 0. The molecule has 7 heteroatoms. The molecule has 6 nitrogen and oxygen atoms in total. The van der Waals surface area contributed by atoms with Crippen LogP contribution < -0.4 is 10.2 Å². The Morgan fingerprint density at radius 2 is 2.30 bits per heavy atom. The van der Waals surface area contributed by atoms with Gasteiger partial charge in [0.25, 0.3) is 5.69 Å². The number of aromatic nitrogens is 1. The molecule has 20 heavy (non-hydrogen) atoms. The van der Waals surface area contributed by atoms with Gasteiger partial charge in [-0.05, 0) is 48.2 Å². The van der Waals surface area contributed by atoms with Crippen LogP contribution >= 0.6 is 15.9 Å². The van der Waals surface area contributed by atoms with Crippen LogP contribution in [0.1, 0.15) is 25.7 Å². The van der Waals surface area contributed by atoms with Crippen molar-refractivity contribution < 1.29 is 4.92 Å². The predicted octanol–water partition coefficient (Wildman–Crippen LogP) is 2.47. The minimum atomic E-state index is -0.415. The van der Waals surface area contributed by atoms with Gasteiger partial charge >= 0.3 is 0 Å². The average Bonchev–Trinajstić information content (AvgIpc) is 3.09. The normalized spacial score (nSPS) is 26.1. The smallest absolute Gasteiger partial charge is 0.288 e. The number of halogens is 1. The molecule has 0 spiro atoms. The zero-order chi connectivity index (χ0) is 14.1. The topological polar surface area (TPSA) is 71.3 Å². The number of nitro groups is 1. The number of pyridine rings is 1. The van der Waals surface area contributed by atoms with E-state index >= 15 is 0 Å². The first-order valence-electron chi connectivity index (χ1n) is 6.97. The maximum absolute atomic E-state index is 10.8. The molecule has 2 aliphatic heterocycles. The molecule has 0 radical (unpaired) electrons. The zero-order valence-electron chi connectivity index (χ0n) is 11.1. The molecule has 0 aliphatic carbocycles. The van der Waals surface area contributed by atoms with Crippen LogP contribution in [0.2, 0.25) is 0 Å². The van der Waals surface area contributed by atoms with E-state index < -0.39 is 4.92 Å². The van der Waals surface area contributed by atoms with Gasteiger partial charge in [-0.25, -0.2) is 4.98 Å². The maximum Gasteiger partial charge on any atom is 0.288 e. The molecule has 2 aliphatic rings. The van der Waals surface area contributed by atoms with Crippen LogP contribution in [0.15, 0.2) is 16.7 Å². The van der Waals surface area contributed by atoms with E-state index in [9.17, 15) is 10.1 Å². The van der Waals surface area contributed by atoms with E-state index in [1.807, 2.05) is 0 Å². The molecule has 108 valence electrons. The number of rotatable bonds is 3. The van der Waals surface area contributed by atoms with Gasteiger partial charge in [-0.1, -0.05) is 0 Å². The minimum absolute atomic E-state index is 0.0235. The van der Waals surface area contributed by atoms with E-state index in [0.717, 1.165) is 31.7 Å². The van der Waals surface area contributed by atoms with E-state index in [1.54, 1.807) is 6.07 Å². The first kappa shape index (κ1) is 13.8. The van der Waals surface area contributed by atoms with Gasteiger partial charge in [-0.3, -0.25) is 10.1 Å². The van der Waals surface area contributed by atoms with Gasteiger partial charge in [0, 0.05) is 24.7 Å². The minimum Gasteiger partial charge on any atom is -0.351 e. The van der Waals surface area contributed by atoms with E-state index in [0.29, 0.717) is 16.6 Å². The van der Waals surface area contributed by atoms with E-state index in [2.05, 4.69) is 31.1 Å². The molecule has 1 N–H and O–H groups in total. The fraction of sp³-hybridized carbons (Fsp3) is 0.615. The van der Waals surface area contributed by atoms with Crippen LogP contribution in [0, 0.1) is 10.1 Å². The number of hydrogen-bond donors (Lipinski definition) is 1. The Morgan fingerprint density at radius 1 is 1.45 bits per heavy atom. The van der Waals surface area contributed by atoms with Crippen molar-refractivity contribution in [1.82, 2.24) is 10.3 Å². The third kappa shape index (κ3) is 2.52. The highest BCUT2D eigenvalue weighted by atomic mass is 79.9. The largest absolute Gasteiger partial charge is 0.351 e. The van der Waals surface area contributed by atoms with Crippen molar-refractivity contribution in [2.45, 2.75) is 37.8 Å². The lowest BCUT2D eigenvalue weighted by molar-refractivity contribution is -0.385. The summed E-state index contributed by atoms with van der Waals surface area (Å²) in [6, 6.07) is 2.50. The maximum atomic E-state index is 10.8. The summed E-state index contributed by atoms with van der Waals surface area (Å²) in [6.45, 7) is 2.05. The summed E-state index contributed by atoms with van der Waals surface area (Å²) in [5.74, 6) is 0.826. The molecule has 3 rings (SSSR count). The van der Waals surface area contributed by atoms with Crippen LogP contribution in [0.5, 0.6) is 0 Å². The fourth-order valence-corrected chi connectivity index (χ4v) is 3.81. The first-order valence-corrected chi connectivity index (χ1v) is 7.76. The van der Waals surface area contributed by atoms with Crippen molar-refractivity contribution in [3.05, 3.63) is 26.9 Å². The number of nitrogens with zero attached hydrogens (tertiary/aromatic N) is 3. The lowest BCUT2D eigenvalue weighted by Gasteiger charge is -2.31. The van der Waals surface area contributed by atoms with Crippen LogP contribution in [0.4, 0.5) is 11.5 Å². The Labute approximate surface area is 125 Å². The number of anilines is 1. The van der Waals surface area contributed by atoms with Crippen molar-refractivity contribution in [3.8, 4) is 0 Å². The molecule has 1 aromatic rings. The molecular weight excluding hydrogens is 324 g/mol. The highest BCUT2D eigenvalue weighted by Gasteiger charge is 2.34. The van der Waals surface area contributed by atoms with E-state index in [1.165, 1.54) is 19.0 Å². The van der Waals surface area contributed by atoms with Gasteiger partial charge in [0.2, 0.25) is 0 Å². The lowest BCUT2D eigenvalue weighted by Crippen LogP contribution is -2.44. The monoisotopic (exact) mass is 340 g/mol. The van der Waals surface area contributed by atoms with Gasteiger partial charge in [-0.2, -0.15) is 0 Å². The molecule has 0 aromatic carbocycles. The molecule has 3 heterocycles. The second-order valence-corrected chi connectivity index (χ2v) is 6.22. The molecule has 0 saturated carbocycles. The van der Waals surface area contributed by atoms with Crippen molar-refractivity contribution in [1.29, 1.82) is 0 Å². The summed E-state index contributed by atoms with van der Waals surface area (Å²) in [5.41, 5.74) is 0.0235. The summed E-state index contributed by atoms with van der Waals surface area (Å²) < 4.78 is 0.705. The first-order chi connectivity index (χ1) is 9.66. The summed E-state index contributed by atoms with van der Waals surface area (Å²) in [4.78, 5) is 17.0. The van der Waals surface area contributed by atoms with Crippen LogP contribution in [0.25, 0.3) is 0 Å². The van der Waals surface area contributed by atoms with E-state index in [4.69, 9.17) is 0 Å². The Balaban J connectivity index is 1.85. The van der Waals surface area contributed by atoms with Crippen molar-refractivity contribution in [2.24, 2.45) is 0 Å². The quantitative estimate of drug-likeness (QED) is 0.676. The molecule has 2 saturated heterocycles. The molecule has 2 atom stereocenters. The summed E-state index contributed by atoms with van der Waals surface area (Å²) in [6.07, 6.45) is 6.07. The molecular formula is C13H17BrN4O2. The van der Waals surface area contributed by atoms with Crippen LogP contribution in [-0.2, 0) is 0 Å². The van der Waals surface area contributed by atoms with Gasteiger partial charge in [0.05, 0.1) is 9.40 Å². The van der Waals surface area contributed by atoms with Gasteiger partial charge in [0.15, 0.2) is 0 Å². The van der Waals surface area contributed by atoms with Gasteiger partial charge in [-0.15, -0.1) is 0 Å². The molecule has 2 unspecified atom stereocenters. The van der Waals surface area contributed by atoms with Crippen molar-refractivity contribution in [3.63, 3.8) is 0 Å². The molecule has 2 fully saturated rings. The molecule has 0 bridgehead atoms. The summed E-state index contributed by atoms with van der Waals surface area (Å²) in [5, 5.41) is 14.3. The third-order valence-corrected chi connectivity index (χ3v) is 4.74. The van der Waals surface area contributed by atoms with Crippen molar-refractivity contribution in [2.75, 3.05) is 18.0 Å². The SMILES string of the molecule is O=[N+]([O-])c1cnc(N2CCCC2C2CCCN2)c(Br)c1. The second kappa shape index (κ2) is 5.65. The Hall–Kier alpha value is -1.21. The predicted molar refractivity (Wildman–Crippen MR) is 80.0 cm³/mol. The van der Waals surface area contributed by atoms with Gasteiger partial charge in [0.1, 0.15) is 12.0 Å². The van der Waals surface area contributed by atoms with E-state index in [-0.39, 0.29) is 5.69 Å². The van der Waals surface area contributed by atoms with Crippen LogP contribution in [-0.4, -0.2) is 35.1 Å². The Morgan fingerprint density at radius 3 is 2.95 bits per heavy atom. The highest BCUT2D eigenvalue weighted by Crippen LogP contribution is 2.34. The average molecular weight is 341 g/mol. The second-order valence-electron chi connectivity index (χ2n) is 5.36. The zero-order valence-corrected chi connectivity index (χ0v) is 12.7.